The molecule has 7 heteroatoms. The summed E-state index contributed by atoms with van der Waals surface area (Å²) in [5, 5.41) is 9.42. The van der Waals surface area contributed by atoms with Crippen LogP contribution in [0.15, 0.2) is 36.4 Å². The molecule has 0 aromatic heterocycles. The van der Waals surface area contributed by atoms with Gasteiger partial charge in [0.05, 0.1) is 5.92 Å². The van der Waals surface area contributed by atoms with E-state index in [1.54, 1.807) is 0 Å². The number of nitrogens with one attached hydrogen (secondary N) is 1. The van der Waals surface area contributed by atoms with E-state index in [1.807, 2.05) is 40.5 Å². The summed E-state index contributed by atoms with van der Waals surface area (Å²) < 4.78 is 0. The van der Waals surface area contributed by atoms with Gasteiger partial charge >= 0.3 is 0 Å². The Morgan fingerprint density at radius 3 is 2.38 bits per heavy atom. The normalized spacial score (nSPS) is 28.0. The van der Waals surface area contributed by atoms with Gasteiger partial charge in [-0.1, -0.05) is 49.2 Å². The number of likely N-dealkylation sites (N-methyl/N-ethyl adjacent to an activating group) is 1. The second kappa shape index (κ2) is 10.6. The van der Waals surface area contributed by atoms with Gasteiger partial charge in [-0.2, -0.15) is 0 Å². The molecule has 2 saturated heterocycles. The van der Waals surface area contributed by atoms with Crippen LogP contribution in [0.1, 0.15) is 44.1 Å². The Balaban J connectivity index is 1.47. The fourth-order valence-corrected chi connectivity index (χ4v) is 5.64. The highest BCUT2D eigenvalue weighted by Crippen LogP contribution is 2.30. The molecular formula is C25H36N4O3. The van der Waals surface area contributed by atoms with Crippen molar-refractivity contribution in [1.29, 1.82) is 0 Å². The molecule has 2 fully saturated rings. The summed E-state index contributed by atoms with van der Waals surface area (Å²) in [6, 6.07) is 9.96. The number of benzene rings is 1. The number of hydrogen-bond donors (Lipinski definition) is 2. The van der Waals surface area contributed by atoms with Gasteiger partial charge in [-0.25, -0.2) is 5.48 Å². The lowest BCUT2D eigenvalue weighted by Crippen LogP contribution is -2.62. The molecule has 2 N–H and O–H groups in total. The van der Waals surface area contributed by atoms with Gasteiger partial charge in [0.25, 0.3) is 0 Å². The predicted molar refractivity (Wildman–Crippen MR) is 124 cm³/mol. The quantitative estimate of drug-likeness (QED) is 0.555. The van der Waals surface area contributed by atoms with Crippen molar-refractivity contribution >= 4 is 17.4 Å². The highest BCUT2D eigenvalue weighted by atomic mass is 16.5. The third kappa shape index (κ3) is 5.05. The molecule has 2 amide bonds. The van der Waals surface area contributed by atoms with Crippen LogP contribution in [0.4, 0.5) is 0 Å². The molecule has 174 valence electrons. The number of carbonyl (C=O) groups excluding carboxylic acids is 2. The van der Waals surface area contributed by atoms with E-state index < -0.39 is 17.9 Å². The van der Waals surface area contributed by atoms with Gasteiger partial charge in [0.15, 0.2) is 0 Å². The number of piperidine rings is 1. The van der Waals surface area contributed by atoms with Gasteiger partial charge in [-0.3, -0.25) is 24.6 Å². The molecule has 4 rings (SSSR count). The zero-order valence-electron chi connectivity index (χ0n) is 19.1. The van der Waals surface area contributed by atoms with Crippen molar-refractivity contribution in [3.05, 3.63) is 42.0 Å². The third-order valence-electron chi connectivity index (χ3n) is 7.40. The lowest BCUT2D eigenvalue weighted by atomic mass is 9.84. The highest BCUT2D eigenvalue weighted by molar-refractivity contribution is 5.90. The number of hydroxylamine groups is 1. The van der Waals surface area contributed by atoms with Gasteiger partial charge in [0.1, 0.15) is 6.04 Å². The van der Waals surface area contributed by atoms with Crippen LogP contribution in [0, 0.1) is 5.92 Å². The maximum Gasteiger partial charge on any atom is 0.248 e. The van der Waals surface area contributed by atoms with E-state index in [9.17, 15) is 14.8 Å². The minimum atomic E-state index is -0.556. The Hall–Kier alpha value is -2.22. The summed E-state index contributed by atoms with van der Waals surface area (Å²) in [6.45, 7) is 4.06. The van der Waals surface area contributed by atoms with Gasteiger partial charge in [-0.15, -0.1) is 0 Å². The third-order valence-corrected chi connectivity index (χ3v) is 7.40. The van der Waals surface area contributed by atoms with Crippen LogP contribution in [-0.2, 0) is 9.59 Å². The van der Waals surface area contributed by atoms with E-state index >= 15 is 0 Å². The molecule has 3 heterocycles. The molecule has 1 aromatic carbocycles. The first kappa shape index (κ1) is 23.0. The first-order valence-corrected chi connectivity index (χ1v) is 12.0. The van der Waals surface area contributed by atoms with Gasteiger partial charge in [0, 0.05) is 25.7 Å². The lowest BCUT2D eigenvalue weighted by molar-refractivity contribution is -0.150. The summed E-state index contributed by atoms with van der Waals surface area (Å²) in [6.07, 6.45) is 8.42. The number of hydrogen-bond acceptors (Lipinski definition) is 5. The first-order valence-electron chi connectivity index (χ1n) is 12.0. The second-order valence-corrected chi connectivity index (χ2v) is 9.44. The van der Waals surface area contributed by atoms with E-state index in [-0.39, 0.29) is 11.9 Å². The van der Waals surface area contributed by atoms with Gasteiger partial charge in [0.2, 0.25) is 11.8 Å². The standard InChI is InChI=1S/C25H36N4O3/c1-27-18-21(28-13-7-2-3-8-14-28)17-22(24(30)26-32)23(27)25(31)29-15-11-20(12-16-29)19-9-5-4-6-10-19/h4-6,9-11,21-23,32H,2-3,7-8,12-18H2,1H3,(H,26,30)/t21-,22-,23-/m0/s1. The Kier molecular flexibility index (Phi) is 7.60. The Morgan fingerprint density at radius 1 is 1.03 bits per heavy atom. The molecule has 3 atom stereocenters. The van der Waals surface area contributed by atoms with E-state index in [2.05, 4.69) is 23.1 Å². The molecule has 0 spiro atoms. The number of amides is 2. The van der Waals surface area contributed by atoms with Crippen LogP contribution < -0.4 is 5.48 Å². The van der Waals surface area contributed by atoms with Crippen molar-refractivity contribution in [3.8, 4) is 0 Å². The number of likely N-dealkylation sites (tertiary alicyclic amines) is 2. The predicted octanol–water partition coefficient (Wildman–Crippen LogP) is 2.37. The molecular weight excluding hydrogens is 404 g/mol. The summed E-state index contributed by atoms with van der Waals surface area (Å²) in [5.74, 6) is -1.02. The van der Waals surface area contributed by atoms with Gasteiger partial charge < -0.3 is 4.90 Å². The van der Waals surface area contributed by atoms with Crippen molar-refractivity contribution in [2.45, 2.75) is 50.6 Å². The van der Waals surface area contributed by atoms with E-state index in [1.165, 1.54) is 36.8 Å². The minimum Gasteiger partial charge on any atom is -0.337 e. The summed E-state index contributed by atoms with van der Waals surface area (Å²) in [7, 11) is 1.94. The Bertz CT molecular complexity index is 820. The van der Waals surface area contributed by atoms with E-state index in [0.29, 0.717) is 19.5 Å². The van der Waals surface area contributed by atoms with Crippen molar-refractivity contribution in [1.82, 2.24) is 20.2 Å². The van der Waals surface area contributed by atoms with Crippen LogP contribution in [0.3, 0.4) is 0 Å². The van der Waals surface area contributed by atoms with Gasteiger partial charge in [-0.05, 0) is 57.0 Å². The fourth-order valence-electron chi connectivity index (χ4n) is 5.64. The topological polar surface area (TPSA) is 76.1 Å². The van der Waals surface area contributed by atoms with E-state index in [4.69, 9.17) is 0 Å². The second-order valence-electron chi connectivity index (χ2n) is 9.44. The van der Waals surface area contributed by atoms with Crippen molar-refractivity contribution in [2.24, 2.45) is 5.92 Å². The highest BCUT2D eigenvalue weighted by Gasteiger charge is 2.45. The number of nitrogens with zero attached hydrogens (tertiary/aromatic N) is 3. The average Bonchev–Trinajstić information content (AvgIpc) is 3.13. The zero-order valence-corrected chi connectivity index (χ0v) is 19.1. The van der Waals surface area contributed by atoms with Crippen molar-refractivity contribution in [3.63, 3.8) is 0 Å². The van der Waals surface area contributed by atoms with Crippen LogP contribution >= 0.6 is 0 Å². The molecule has 0 bridgehead atoms. The van der Waals surface area contributed by atoms with Crippen LogP contribution in [-0.4, -0.2) is 83.6 Å². The van der Waals surface area contributed by atoms with Crippen LogP contribution in [0.5, 0.6) is 0 Å². The molecule has 32 heavy (non-hydrogen) atoms. The Morgan fingerprint density at radius 2 is 1.75 bits per heavy atom. The first-order chi connectivity index (χ1) is 15.6. The zero-order chi connectivity index (χ0) is 22.5. The molecule has 7 nitrogen and oxygen atoms in total. The van der Waals surface area contributed by atoms with Crippen LogP contribution in [0.2, 0.25) is 0 Å². The van der Waals surface area contributed by atoms with Crippen molar-refractivity contribution < 1.29 is 14.8 Å². The van der Waals surface area contributed by atoms with E-state index in [0.717, 1.165) is 26.1 Å². The summed E-state index contributed by atoms with van der Waals surface area (Å²) >= 11 is 0. The van der Waals surface area contributed by atoms with Crippen molar-refractivity contribution in [2.75, 3.05) is 39.8 Å². The summed E-state index contributed by atoms with van der Waals surface area (Å²) in [5.41, 5.74) is 4.30. The maximum absolute atomic E-state index is 13.6. The smallest absolute Gasteiger partial charge is 0.248 e. The number of carbonyl (C=O) groups is 2. The molecule has 0 unspecified atom stereocenters. The molecule has 1 aromatic rings. The van der Waals surface area contributed by atoms with Crippen LogP contribution in [0.25, 0.3) is 5.57 Å². The SMILES string of the molecule is CN1C[C@@H](N2CCCCCC2)C[C@H](C(=O)NO)[C@H]1C(=O)N1CC=C(c2ccccc2)CC1. The Labute approximate surface area is 191 Å². The monoisotopic (exact) mass is 440 g/mol. The summed E-state index contributed by atoms with van der Waals surface area (Å²) in [4.78, 5) is 32.6. The maximum atomic E-state index is 13.6. The molecule has 0 radical (unpaired) electrons. The average molecular weight is 441 g/mol. The number of rotatable bonds is 4. The molecule has 3 aliphatic heterocycles. The molecule has 0 saturated carbocycles. The molecule has 0 aliphatic carbocycles. The largest absolute Gasteiger partial charge is 0.337 e. The lowest BCUT2D eigenvalue weighted by Gasteiger charge is -2.46. The fraction of sp³-hybridized carbons (Fsp3) is 0.600. The molecule has 3 aliphatic rings. The minimum absolute atomic E-state index is 0.0150.